The summed E-state index contributed by atoms with van der Waals surface area (Å²) < 4.78 is 14.0. The van der Waals surface area contributed by atoms with Crippen molar-refractivity contribution in [2.24, 2.45) is 0 Å². The van der Waals surface area contributed by atoms with E-state index >= 15 is 0 Å². The Balaban J connectivity index is 0.00000180. The van der Waals surface area contributed by atoms with E-state index in [1.54, 1.807) is 12.1 Å². The zero-order valence-electron chi connectivity index (χ0n) is 11.6. The van der Waals surface area contributed by atoms with Gasteiger partial charge in [0.2, 0.25) is 0 Å². The molecule has 1 aromatic rings. The van der Waals surface area contributed by atoms with E-state index in [0.29, 0.717) is 0 Å². The smallest absolute Gasteiger partial charge is 0.127 e. The molecule has 0 radical (unpaired) electrons. The highest BCUT2D eigenvalue weighted by Gasteiger charge is 2.23. The van der Waals surface area contributed by atoms with Gasteiger partial charge in [-0.1, -0.05) is 38.0 Å². The number of hydrogen-bond donors (Lipinski definition) is 1. The first-order valence-electron chi connectivity index (χ1n) is 7.02. The van der Waals surface area contributed by atoms with Gasteiger partial charge in [-0.25, -0.2) is 4.39 Å². The van der Waals surface area contributed by atoms with Gasteiger partial charge in [0, 0.05) is 37.8 Å². The molecule has 1 aliphatic rings. The fraction of sp³-hybridized carbons (Fsp3) is 0.600. The molecule has 19 heavy (non-hydrogen) atoms. The van der Waals surface area contributed by atoms with E-state index in [1.807, 2.05) is 12.1 Å². The average Bonchev–Trinajstić information content (AvgIpc) is 2.42. The molecular weight excluding hydrogens is 263 g/mol. The molecule has 0 unspecified atom stereocenters. The van der Waals surface area contributed by atoms with Crippen LogP contribution in [0.2, 0.25) is 0 Å². The molecule has 1 heterocycles. The van der Waals surface area contributed by atoms with Crippen LogP contribution in [0.1, 0.15) is 37.8 Å². The Morgan fingerprint density at radius 3 is 2.58 bits per heavy atom. The Morgan fingerprint density at radius 1 is 1.26 bits per heavy atom. The van der Waals surface area contributed by atoms with Gasteiger partial charge in [-0.05, 0) is 12.5 Å². The minimum absolute atomic E-state index is 0. The Bertz CT molecular complexity index is 367. The van der Waals surface area contributed by atoms with E-state index in [2.05, 4.69) is 17.1 Å². The lowest BCUT2D eigenvalue weighted by Gasteiger charge is -2.35. The van der Waals surface area contributed by atoms with Crippen LogP contribution in [0.5, 0.6) is 0 Å². The van der Waals surface area contributed by atoms with Crippen molar-refractivity contribution in [3.8, 4) is 0 Å². The molecule has 0 aliphatic carbocycles. The van der Waals surface area contributed by atoms with Crippen molar-refractivity contribution in [2.75, 3.05) is 26.2 Å². The summed E-state index contributed by atoms with van der Waals surface area (Å²) in [4.78, 5) is 2.42. The summed E-state index contributed by atoms with van der Waals surface area (Å²) >= 11 is 0. The minimum atomic E-state index is -0.0582. The Labute approximate surface area is 121 Å². The van der Waals surface area contributed by atoms with Crippen molar-refractivity contribution in [2.45, 2.75) is 32.2 Å². The standard InChI is InChI=1S/C15H23FN2.ClH/c1-2-3-8-15(18-11-9-17-10-12-18)13-6-4-5-7-14(13)16;/h4-7,15,17H,2-3,8-12H2,1H3;1H/t15-;/m0./s1. The largest absolute Gasteiger partial charge is 0.314 e. The molecule has 0 bridgehead atoms. The molecule has 0 spiro atoms. The molecule has 1 N–H and O–H groups in total. The lowest BCUT2D eigenvalue weighted by molar-refractivity contribution is 0.160. The van der Waals surface area contributed by atoms with Crippen LogP contribution in [-0.4, -0.2) is 31.1 Å². The first kappa shape index (κ1) is 16.4. The van der Waals surface area contributed by atoms with Crippen LogP contribution in [0.3, 0.4) is 0 Å². The Morgan fingerprint density at radius 2 is 1.95 bits per heavy atom. The second kappa shape index (κ2) is 8.51. The lowest BCUT2D eigenvalue weighted by atomic mass is 9.98. The molecule has 0 amide bonds. The molecule has 1 saturated heterocycles. The first-order chi connectivity index (χ1) is 8.83. The van der Waals surface area contributed by atoms with Gasteiger partial charge in [-0.3, -0.25) is 4.90 Å². The summed E-state index contributed by atoms with van der Waals surface area (Å²) in [6.45, 7) is 6.25. The average molecular weight is 287 g/mol. The number of nitrogens with zero attached hydrogens (tertiary/aromatic N) is 1. The number of benzene rings is 1. The second-order valence-electron chi connectivity index (χ2n) is 4.97. The van der Waals surface area contributed by atoms with Crippen LogP contribution < -0.4 is 5.32 Å². The number of unbranched alkanes of at least 4 members (excludes halogenated alkanes) is 1. The van der Waals surface area contributed by atoms with Crippen molar-refractivity contribution in [3.63, 3.8) is 0 Å². The first-order valence-corrected chi connectivity index (χ1v) is 7.02. The third kappa shape index (κ3) is 4.44. The molecule has 0 saturated carbocycles. The van der Waals surface area contributed by atoms with Gasteiger partial charge in [-0.2, -0.15) is 0 Å². The summed E-state index contributed by atoms with van der Waals surface area (Å²) in [6.07, 6.45) is 3.37. The van der Waals surface area contributed by atoms with Gasteiger partial charge in [0.1, 0.15) is 5.82 Å². The molecule has 1 atom stereocenters. The van der Waals surface area contributed by atoms with Crippen molar-refractivity contribution < 1.29 is 4.39 Å². The van der Waals surface area contributed by atoms with Crippen LogP contribution in [0, 0.1) is 5.82 Å². The SMILES string of the molecule is CCCC[C@@H](c1ccccc1F)N1CCNCC1.Cl. The van der Waals surface area contributed by atoms with Crippen LogP contribution in [0.15, 0.2) is 24.3 Å². The molecule has 1 fully saturated rings. The van der Waals surface area contributed by atoms with Gasteiger partial charge in [0.25, 0.3) is 0 Å². The Hall–Kier alpha value is -0.640. The molecule has 108 valence electrons. The fourth-order valence-electron chi connectivity index (χ4n) is 2.67. The summed E-state index contributed by atoms with van der Waals surface area (Å²) in [5.41, 5.74) is 0.868. The third-order valence-corrected chi connectivity index (χ3v) is 3.69. The molecule has 2 nitrogen and oxygen atoms in total. The minimum Gasteiger partial charge on any atom is -0.314 e. The van der Waals surface area contributed by atoms with Crippen LogP contribution in [0.25, 0.3) is 0 Å². The van der Waals surface area contributed by atoms with Gasteiger partial charge in [-0.15, -0.1) is 12.4 Å². The highest BCUT2D eigenvalue weighted by molar-refractivity contribution is 5.85. The van der Waals surface area contributed by atoms with E-state index in [1.165, 1.54) is 0 Å². The molecule has 1 aliphatic heterocycles. The number of hydrogen-bond acceptors (Lipinski definition) is 2. The third-order valence-electron chi connectivity index (χ3n) is 3.69. The van der Waals surface area contributed by atoms with Crippen molar-refractivity contribution in [1.29, 1.82) is 0 Å². The summed E-state index contributed by atoms with van der Waals surface area (Å²) in [7, 11) is 0. The van der Waals surface area contributed by atoms with Gasteiger partial charge < -0.3 is 5.32 Å². The van der Waals surface area contributed by atoms with Gasteiger partial charge in [0.15, 0.2) is 0 Å². The van der Waals surface area contributed by atoms with Crippen LogP contribution >= 0.6 is 12.4 Å². The number of rotatable bonds is 5. The lowest BCUT2D eigenvalue weighted by Crippen LogP contribution is -2.45. The molecule has 1 aromatic carbocycles. The topological polar surface area (TPSA) is 15.3 Å². The molecule has 2 rings (SSSR count). The van der Waals surface area contributed by atoms with Crippen molar-refractivity contribution in [1.82, 2.24) is 10.2 Å². The van der Waals surface area contributed by atoms with Crippen molar-refractivity contribution >= 4 is 12.4 Å². The maximum Gasteiger partial charge on any atom is 0.127 e. The Kier molecular flexibility index (Phi) is 7.36. The van der Waals surface area contributed by atoms with Crippen LogP contribution in [-0.2, 0) is 0 Å². The highest BCUT2D eigenvalue weighted by atomic mass is 35.5. The number of piperazine rings is 1. The summed E-state index contributed by atoms with van der Waals surface area (Å²) in [5, 5.41) is 3.36. The maximum atomic E-state index is 14.0. The second-order valence-corrected chi connectivity index (χ2v) is 4.97. The zero-order valence-corrected chi connectivity index (χ0v) is 12.4. The van der Waals surface area contributed by atoms with Gasteiger partial charge >= 0.3 is 0 Å². The monoisotopic (exact) mass is 286 g/mol. The van der Waals surface area contributed by atoms with Crippen LogP contribution in [0.4, 0.5) is 4.39 Å². The van der Waals surface area contributed by atoms with E-state index in [4.69, 9.17) is 0 Å². The molecule has 4 heteroatoms. The predicted molar refractivity (Wildman–Crippen MR) is 80.4 cm³/mol. The quantitative estimate of drug-likeness (QED) is 0.893. The van der Waals surface area contributed by atoms with E-state index < -0.39 is 0 Å². The number of nitrogens with one attached hydrogen (secondary N) is 1. The van der Waals surface area contributed by atoms with Gasteiger partial charge in [0.05, 0.1) is 0 Å². The van der Waals surface area contributed by atoms with E-state index in [-0.39, 0.29) is 24.3 Å². The maximum absolute atomic E-state index is 14.0. The summed E-state index contributed by atoms with van der Waals surface area (Å²) in [5.74, 6) is -0.0582. The predicted octanol–water partition coefficient (Wildman–Crippen LogP) is 3.38. The van der Waals surface area contributed by atoms with E-state index in [9.17, 15) is 4.39 Å². The molecular formula is C15H24ClFN2. The normalized spacial score (nSPS) is 17.8. The zero-order chi connectivity index (χ0) is 12.8. The van der Waals surface area contributed by atoms with E-state index in [0.717, 1.165) is 51.0 Å². The van der Waals surface area contributed by atoms with Crippen molar-refractivity contribution in [3.05, 3.63) is 35.6 Å². The fourth-order valence-corrected chi connectivity index (χ4v) is 2.67. The highest BCUT2D eigenvalue weighted by Crippen LogP contribution is 2.28. The summed E-state index contributed by atoms with van der Waals surface area (Å²) in [6, 6.07) is 7.48. The molecule has 0 aromatic heterocycles. The number of halogens is 2.